The van der Waals surface area contributed by atoms with Crippen LogP contribution < -0.4 is 11.1 Å². The molecule has 1 saturated carbocycles. The van der Waals surface area contributed by atoms with Crippen molar-refractivity contribution in [2.75, 3.05) is 17.7 Å². The molecule has 0 saturated heterocycles. The lowest BCUT2D eigenvalue weighted by atomic mass is 9.89. The van der Waals surface area contributed by atoms with Crippen LogP contribution in [0.2, 0.25) is 0 Å². The Morgan fingerprint density at radius 2 is 2.03 bits per heavy atom. The number of hydrogen-bond donors (Lipinski definition) is 2. The third kappa shape index (κ3) is 3.84. The molecule has 0 atom stereocenters. The fraction of sp³-hybridized carbons (Fsp3) is 0.429. The first-order valence-electron chi connectivity index (χ1n) is 10.7. The maximum Gasteiger partial charge on any atom is 0.256 e. The minimum atomic E-state index is -2.58. The fourth-order valence-electron chi connectivity index (χ4n) is 4.23. The Balaban J connectivity index is 1.51. The Hall–Kier alpha value is -3.41. The van der Waals surface area contributed by atoms with Gasteiger partial charge in [0, 0.05) is 12.6 Å². The molecule has 1 aliphatic carbocycles. The average Bonchev–Trinajstić information content (AvgIpc) is 3.22. The molecular weight excluding hydrogens is 437 g/mol. The molecule has 12 heteroatoms. The summed E-state index contributed by atoms with van der Waals surface area (Å²) in [7, 11) is 0. The van der Waals surface area contributed by atoms with E-state index >= 15 is 4.39 Å². The van der Waals surface area contributed by atoms with Crippen LogP contribution in [0.5, 0.6) is 0 Å². The normalized spacial score (nSPS) is 18.4. The zero-order chi connectivity index (χ0) is 23.3. The van der Waals surface area contributed by atoms with E-state index in [0.717, 1.165) is 12.8 Å². The van der Waals surface area contributed by atoms with Crippen molar-refractivity contribution in [3.8, 4) is 11.3 Å². The standard InChI is InChI=1S/C21H23F3N8O/c1-3-33-12-6-11(7-12)27-21-29-19(25)18-17(13(22)8-32(18)30-21)14-4-5-15-20(28-14)31(9-16(23)24)10(2)26-15/h4-5,8,11-12,16H,3,6-7,9H2,1-2H3,(H3,25,27,29,30). The smallest absolute Gasteiger partial charge is 0.256 e. The molecule has 4 heterocycles. The summed E-state index contributed by atoms with van der Waals surface area (Å²) in [6.07, 6.45) is 0.498. The minimum absolute atomic E-state index is 0.0752. The molecule has 0 bridgehead atoms. The van der Waals surface area contributed by atoms with E-state index in [4.69, 9.17) is 10.5 Å². The molecular formula is C21H23F3N8O. The summed E-state index contributed by atoms with van der Waals surface area (Å²) >= 11 is 0. The fourth-order valence-corrected chi connectivity index (χ4v) is 4.23. The van der Waals surface area contributed by atoms with Crippen LogP contribution in [-0.4, -0.2) is 54.3 Å². The number of rotatable bonds is 7. The topological polar surface area (TPSA) is 108 Å². The number of hydrogen-bond acceptors (Lipinski definition) is 7. The number of aromatic nitrogens is 6. The number of aryl methyl sites for hydroxylation is 1. The predicted octanol–water partition coefficient (Wildman–Crippen LogP) is 3.42. The van der Waals surface area contributed by atoms with E-state index in [-0.39, 0.29) is 46.3 Å². The molecule has 5 rings (SSSR count). The summed E-state index contributed by atoms with van der Waals surface area (Å²) in [5.41, 5.74) is 7.46. The predicted molar refractivity (Wildman–Crippen MR) is 117 cm³/mol. The van der Waals surface area contributed by atoms with Crippen LogP contribution >= 0.6 is 0 Å². The molecule has 4 aromatic rings. The number of imidazole rings is 1. The number of fused-ring (bicyclic) bond motifs is 2. The maximum absolute atomic E-state index is 15.0. The van der Waals surface area contributed by atoms with Crippen molar-refractivity contribution < 1.29 is 17.9 Å². The lowest BCUT2D eigenvalue weighted by Gasteiger charge is -2.35. The molecule has 0 aliphatic heterocycles. The van der Waals surface area contributed by atoms with Crippen molar-refractivity contribution in [1.29, 1.82) is 0 Å². The first-order chi connectivity index (χ1) is 15.8. The molecule has 0 amide bonds. The van der Waals surface area contributed by atoms with E-state index in [0.29, 0.717) is 17.9 Å². The van der Waals surface area contributed by atoms with Gasteiger partial charge in [-0.1, -0.05) is 0 Å². The van der Waals surface area contributed by atoms with Gasteiger partial charge in [-0.15, -0.1) is 5.10 Å². The van der Waals surface area contributed by atoms with Crippen LogP contribution in [0.1, 0.15) is 25.6 Å². The van der Waals surface area contributed by atoms with Gasteiger partial charge in [-0.05, 0) is 38.8 Å². The molecule has 1 fully saturated rings. The summed E-state index contributed by atoms with van der Waals surface area (Å²) in [6.45, 7) is 3.69. The second kappa shape index (κ2) is 8.18. The molecule has 3 N–H and O–H groups in total. The van der Waals surface area contributed by atoms with Crippen molar-refractivity contribution in [1.82, 2.24) is 29.1 Å². The van der Waals surface area contributed by atoms with E-state index in [1.54, 1.807) is 19.1 Å². The summed E-state index contributed by atoms with van der Waals surface area (Å²) in [5.74, 6) is 0.164. The molecule has 0 radical (unpaired) electrons. The zero-order valence-electron chi connectivity index (χ0n) is 18.1. The number of nitrogens with zero attached hydrogens (tertiary/aromatic N) is 6. The van der Waals surface area contributed by atoms with E-state index in [1.165, 1.54) is 15.3 Å². The number of pyridine rings is 1. The minimum Gasteiger partial charge on any atom is -0.382 e. The first-order valence-corrected chi connectivity index (χ1v) is 10.7. The Morgan fingerprint density at radius 3 is 2.76 bits per heavy atom. The Kier molecular flexibility index (Phi) is 5.31. The van der Waals surface area contributed by atoms with Crippen LogP contribution in [0.15, 0.2) is 18.3 Å². The van der Waals surface area contributed by atoms with Crippen LogP contribution in [0, 0.1) is 12.7 Å². The largest absolute Gasteiger partial charge is 0.382 e. The van der Waals surface area contributed by atoms with Crippen molar-refractivity contribution in [3.05, 3.63) is 30.0 Å². The van der Waals surface area contributed by atoms with Crippen molar-refractivity contribution in [2.24, 2.45) is 0 Å². The van der Waals surface area contributed by atoms with Gasteiger partial charge in [0.2, 0.25) is 5.95 Å². The number of nitrogens with one attached hydrogen (secondary N) is 1. The second-order valence-electron chi connectivity index (χ2n) is 8.06. The van der Waals surface area contributed by atoms with Gasteiger partial charge in [0.1, 0.15) is 16.9 Å². The van der Waals surface area contributed by atoms with E-state index in [2.05, 4.69) is 25.4 Å². The van der Waals surface area contributed by atoms with Crippen molar-refractivity contribution in [3.63, 3.8) is 0 Å². The highest BCUT2D eigenvalue weighted by Gasteiger charge is 2.30. The lowest BCUT2D eigenvalue weighted by molar-refractivity contribution is 0.00283. The highest BCUT2D eigenvalue weighted by molar-refractivity contribution is 5.89. The van der Waals surface area contributed by atoms with Gasteiger partial charge in [-0.3, -0.25) is 0 Å². The van der Waals surface area contributed by atoms with E-state index in [1.807, 2.05) is 6.92 Å². The van der Waals surface area contributed by atoms with Crippen LogP contribution in [0.3, 0.4) is 0 Å². The average molecular weight is 460 g/mol. The number of ether oxygens (including phenoxy) is 1. The summed E-state index contributed by atoms with van der Waals surface area (Å²) in [4.78, 5) is 13.0. The Morgan fingerprint density at radius 1 is 1.24 bits per heavy atom. The molecule has 0 aromatic carbocycles. The van der Waals surface area contributed by atoms with Gasteiger partial charge in [0.05, 0.1) is 30.1 Å². The molecule has 4 aromatic heterocycles. The lowest BCUT2D eigenvalue weighted by Crippen LogP contribution is -2.41. The van der Waals surface area contributed by atoms with Gasteiger partial charge < -0.3 is 20.4 Å². The summed E-state index contributed by atoms with van der Waals surface area (Å²) in [5, 5.41) is 7.55. The number of halogens is 3. The van der Waals surface area contributed by atoms with Gasteiger partial charge in [-0.2, -0.15) is 4.98 Å². The highest BCUT2D eigenvalue weighted by atomic mass is 19.3. The molecule has 1 aliphatic rings. The van der Waals surface area contributed by atoms with Gasteiger partial charge in [0.25, 0.3) is 6.43 Å². The quantitative estimate of drug-likeness (QED) is 0.435. The number of nitrogen functional groups attached to an aromatic ring is 1. The molecule has 0 unspecified atom stereocenters. The molecule has 0 spiro atoms. The van der Waals surface area contributed by atoms with Crippen molar-refractivity contribution >= 4 is 28.4 Å². The third-order valence-corrected chi connectivity index (χ3v) is 5.80. The molecule has 174 valence electrons. The van der Waals surface area contributed by atoms with Crippen LogP contribution in [0.25, 0.3) is 27.9 Å². The third-order valence-electron chi connectivity index (χ3n) is 5.80. The maximum atomic E-state index is 15.0. The van der Waals surface area contributed by atoms with E-state index < -0.39 is 18.8 Å². The van der Waals surface area contributed by atoms with Crippen molar-refractivity contribution in [2.45, 2.75) is 51.8 Å². The van der Waals surface area contributed by atoms with Crippen LogP contribution in [-0.2, 0) is 11.3 Å². The first kappa shape index (κ1) is 21.4. The summed E-state index contributed by atoms with van der Waals surface area (Å²) in [6, 6.07) is 3.35. The number of anilines is 2. The zero-order valence-corrected chi connectivity index (χ0v) is 18.1. The monoisotopic (exact) mass is 460 g/mol. The Bertz CT molecular complexity index is 1330. The number of nitrogens with two attached hydrogens (primary N) is 1. The van der Waals surface area contributed by atoms with Gasteiger partial charge in [-0.25, -0.2) is 27.7 Å². The van der Waals surface area contributed by atoms with Gasteiger partial charge >= 0.3 is 0 Å². The highest BCUT2D eigenvalue weighted by Crippen LogP contribution is 2.33. The number of alkyl halides is 2. The van der Waals surface area contributed by atoms with Gasteiger partial charge in [0.15, 0.2) is 17.3 Å². The van der Waals surface area contributed by atoms with E-state index in [9.17, 15) is 8.78 Å². The molecule has 33 heavy (non-hydrogen) atoms. The SMILES string of the molecule is CCOC1CC(Nc2nc(N)c3c(-c4ccc5nc(C)n(CC(F)F)c5n4)c(F)cn3n2)C1. The summed E-state index contributed by atoms with van der Waals surface area (Å²) < 4.78 is 49.3. The second-order valence-corrected chi connectivity index (χ2v) is 8.06. The molecule has 9 nitrogen and oxygen atoms in total. The Labute approximate surface area is 186 Å². The van der Waals surface area contributed by atoms with Crippen LogP contribution in [0.4, 0.5) is 24.9 Å².